The lowest BCUT2D eigenvalue weighted by molar-refractivity contribution is -0.127. The topological polar surface area (TPSA) is 94.0 Å². The fourth-order valence-electron chi connectivity index (χ4n) is 2.39. The van der Waals surface area contributed by atoms with Gasteiger partial charge in [0.05, 0.1) is 5.69 Å². The number of para-hydroxylation sites is 1. The highest BCUT2D eigenvalue weighted by molar-refractivity contribution is 5.80. The van der Waals surface area contributed by atoms with Crippen LogP contribution < -0.4 is 15.4 Å². The number of anilines is 1. The van der Waals surface area contributed by atoms with Crippen molar-refractivity contribution >= 4 is 11.7 Å². The molecule has 0 saturated carbocycles. The Morgan fingerprint density at radius 3 is 2.74 bits per heavy atom. The van der Waals surface area contributed by atoms with Crippen molar-refractivity contribution in [3.05, 3.63) is 60.7 Å². The van der Waals surface area contributed by atoms with E-state index in [9.17, 15) is 4.79 Å². The maximum atomic E-state index is 12.1. The van der Waals surface area contributed by atoms with Crippen molar-refractivity contribution in [2.24, 2.45) is 0 Å². The van der Waals surface area contributed by atoms with Gasteiger partial charge >= 0.3 is 0 Å². The van der Waals surface area contributed by atoms with Crippen LogP contribution in [0.25, 0.3) is 5.82 Å². The molecule has 2 aromatic heterocycles. The Hall–Kier alpha value is -3.42. The maximum absolute atomic E-state index is 12.1. The summed E-state index contributed by atoms with van der Waals surface area (Å²) >= 11 is 0. The second-order valence-electron chi connectivity index (χ2n) is 5.95. The van der Waals surface area contributed by atoms with Gasteiger partial charge in [-0.15, -0.1) is 0 Å². The van der Waals surface area contributed by atoms with Crippen molar-refractivity contribution in [3.63, 3.8) is 0 Å². The van der Waals surface area contributed by atoms with Gasteiger partial charge < -0.3 is 15.4 Å². The normalized spacial score (nSPS) is 11.6. The molecule has 2 heterocycles. The third-order valence-corrected chi connectivity index (χ3v) is 3.77. The van der Waals surface area contributed by atoms with E-state index in [1.54, 1.807) is 17.7 Å². The number of carbonyl (C=O) groups excluding carboxylic acids is 1. The van der Waals surface area contributed by atoms with Crippen molar-refractivity contribution in [2.75, 3.05) is 18.4 Å². The molecular formula is C19H22N6O2. The molecule has 27 heavy (non-hydrogen) atoms. The highest BCUT2D eigenvalue weighted by atomic mass is 16.5. The van der Waals surface area contributed by atoms with Crippen LogP contribution in [0.2, 0.25) is 0 Å². The molecule has 2 N–H and O–H groups in total. The fourth-order valence-corrected chi connectivity index (χ4v) is 2.39. The molecule has 1 amide bonds. The minimum Gasteiger partial charge on any atom is -0.481 e. The zero-order valence-electron chi connectivity index (χ0n) is 15.3. The highest BCUT2D eigenvalue weighted by Crippen LogP contribution is 2.11. The first kappa shape index (κ1) is 18.4. The van der Waals surface area contributed by atoms with E-state index in [1.807, 2.05) is 49.5 Å². The zero-order valence-corrected chi connectivity index (χ0v) is 15.3. The first-order valence-corrected chi connectivity index (χ1v) is 8.70. The Labute approximate surface area is 157 Å². The molecule has 3 rings (SSSR count). The number of ether oxygens (including phenoxy) is 1. The summed E-state index contributed by atoms with van der Waals surface area (Å²) in [5.41, 5.74) is 0.915. The Morgan fingerprint density at radius 2 is 2.00 bits per heavy atom. The molecule has 1 unspecified atom stereocenters. The number of amides is 1. The summed E-state index contributed by atoms with van der Waals surface area (Å²) in [5, 5.41) is 10.3. The summed E-state index contributed by atoms with van der Waals surface area (Å²) in [5.74, 6) is 1.84. The van der Waals surface area contributed by atoms with Gasteiger partial charge in [0.15, 0.2) is 11.9 Å². The van der Waals surface area contributed by atoms with E-state index >= 15 is 0 Å². The van der Waals surface area contributed by atoms with Gasteiger partial charge in [0.25, 0.3) is 5.91 Å². The SMILES string of the molecule is Cc1ccn(-c2cc(NCCNC(=O)C(C)Oc3ccccc3)ncn2)n1. The van der Waals surface area contributed by atoms with E-state index in [4.69, 9.17) is 4.74 Å². The van der Waals surface area contributed by atoms with Crippen LogP contribution >= 0.6 is 0 Å². The summed E-state index contributed by atoms with van der Waals surface area (Å²) < 4.78 is 7.28. The molecule has 0 fully saturated rings. The van der Waals surface area contributed by atoms with Crippen molar-refractivity contribution in [1.82, 2.24) is 25.1 Å². The molecule has 0 saturated heterocycles. The summed E-state index contributed by atoms with van der Waals surface area (Å²) in [4.78, 5) is 20.5. The second kappa shape index (κ2) is 8.79. The van der Waals surface area contributed by atoms with Gasteiger partial charge in [0, 0.05) is 25.4 Å². The average molecular weight is 366 g/mol. The van der Waals surface area contributed by atoms with Crippen LogP contribution in [0.4, 0.5) is 5.82 Å². The first-order valence-electron chi connectivity index (χ1n) is 8.70. The van der Waals surface area contributed by atoms with Crippen molar-refractivity contribution in [1.29, 1.82) is 0 Å². The summed E-state index contributed by atoms with van der Waals surface area (Å²) in [6, 6.07) is 13.0. The molecule has 0 radical (unpaired) electrons. The van der Waals surface area contributed by atoms with Gasteiger partial charge in [-0.2, -0.15) is 5.10 Å². The number of carbonyl (C=O) groups is 1. The van der Waals surface area contributed by atoms with E-state index in [2.05, 4.69) is 25.7 Å². The van der Waals surface area contributed by atoms with E-state index in [1.165, 1.54) is 6.33 Å². The van der Waals surface area contributed by atoms with Gasteiger partial charge in [0.1, 0.15) is 17.9 Å². The molecule has 0 spiro atoms. The van der Waals surface area contributed by atoms with E-state index in [-0.39, 0.29) is 5.91 Å². The molecular weight excluding hydrogens is 344 g/mol. The predicted molar refractivity (Wildman–Crippen MR) is 102 cm³/mol. The zero-order chi connectivity index (χ0) is 19.1. The number of aryl methyl sites for hydroxylation is 1. The average Bonchev–Trinajstić information content (AvgIpc) is 3.12. The van der Waals surface area contributed by atoms with Crippen LogP contribution in [-0.4, -0.2) is 44.8 Å². The maximum Gasteiger partial charge on any atom is 0.260 e. The summed E-state index contributed by atoms with van der Waals surface area (Å²) in [7, 11) is 0. The monoisotopic (exact) mass is 366 g/mol. The molecule has 0 aliphatic carbocycles. The third kappa shape index (κ3) is 5.27. The van der Waals surface area contributed by atoms with Gasteiger partial charge in [-0.25, -0.2) is 14.6 Å². The third-order valence-electron chi connectivity index (χ3n) is 3.77. The quantitative estimate of drug-likeness (QED) is 0.592. The molecule has 140 valence electrons. The molecule has 8 heteroatoms. The minimum atomic E-state index is -0.568. The lowest BCUT2D eigenvalue weighted by atomic mass is 10.3. The standard InChI is InChI=1S/C19H22N6O2/c1-14-8-11-25(24-14)18-12-17(22-13-23-18)20-9-10-21-19(26)15(2)27-16-6-4-3-5-7-16/h3-8,11-13,15H,9-10H2,1-2H3,(H,21,26)(H,20,22,23). The largest absolute Gasteiger partial charge is 0.481 e. The van der Waals surface area contributed by atoms with Crippen LogP contribution in [0.5, 0.6) is 5.75 Å². The van der Waals surface area contributed by atoms with Gasteiger partial charge in [-0.1, -0.05) is 18.2 Å². The van der Waals surface area contributed by atoms with Crippen molar-refractivity contribution in [3.8, 4) is 11.6 Å². The molecule has 0 bridgehead atoms. The number of rotatable bonds is 8. The Morgan fingerprint density at radius 1 is 1.19 bits per heavy atom. The lowest BCUT2D eigenvalue weighted by Crippen LogP contribution is -2.38. The van der Waals surface area contributed by atoms with E-state index < -0.39 is 6.10 Å². The van der Waals surface area contributed by atoms with Crippen LogP contribution in [0.3, 0.4) is 0 Å². The van der Waals surface area contributed by atoms with Gasteiger partial charge in [-0.05, 0) is 32.0 Å². The van der Waals surface area contributed by atoms with Crippen molar-refractivity contribution < 1.29 is 9.53 Å². The molecule has 1 aromatic carbocycles. The Kier molecular flexibility index (Phi) is 5.98. The number of nitrogens with one attached hydrogen (secondary N) is 2. The van der Waals surface area contributed by atoms with Crippen LogP contribution in [0.15, 0.2) is 55.0 Å². The summed E-state index contributed by atoms with van der Waals surface area (Å²) in [6.07, 6.45) is 2.75. The molecule has 0 aliphatic heterocycles. The van der Waals surface area contributed by atoms with E-state index in [0.717, 1.165) is 5.69 Å². The Bertz CT molecular complexity index is 881. The molecule has 8 nitrogen and oxygen atoms in total. The van der Waals surface area contributed by atoms with Gasteiger partial charge in [-0.3, -0.25) is 4.79 Å². The van der Waals surface area contributed by atoms with Gasteiger partial charge in [0.2, 0.25) is 0 Å². The number of nitrogens with zero attached hydrogens (tertiary/aromatic N) is 4. The first-order chi connectivity index (χ1) is 13.1. The molecule has 3 aromatic rings. The Balaban J connectivity index is 1.44. The van der Waals surface area contributed by atoms with Crippen LogP contribution in [0, 0.1) is 6.92 Å². The number of aromatic nitrogens is 4. The molecule has 1 atom stereocenters. The number of hydrogen-bond acceptors (Lipinski definition) is 6. The molecule has 0 aliphatic rings. The summed E-state index contributed by atoms with van der Waals surface area (Å²) in [6.45, 7) is 4.61. The highest BCUT2D eigenvalue weighted by Gasteiger charge is 2.13. The predicted octanol–water partition coefficient (Wildman–Crippen LogP) is 1.97. The van der Waals surface area contributed by atoms with Crippen LogP contribution in [0.1, 0.15) is 12.6 Å². The number of hydrogen-bond donors (Lipinski definition) is 2. The number of benzene rings is 1. The fraction of sp³-hybridized carbons (Fsp3) is 0.263. The minimum absolute atomic E-state index is 0.170. The van der Waals surface area contributed by atoms with Crippen molar-refractivity contribution in [2.45, 2.75) is 20.0 Å². The lowest BCUT2D eigenvalue weighted by Gasteiger charge is -2.15. The second-order valence-corrected chi connectivity index (χ2v) is 5.95. The smallest absolute Gasteiger partial charge is 0.260 e. The van der Waals surface area contributed by atoms with Crippen LogP contribution in [-0.2, 0) is 4.79 Å². The van der Waals surface area contributed by atoms with E-state index in [0.29, 0.717) is 30.5 Å².